The Morgan fingerprint density at radius 1 is 1.41 bits per heavy atom. The summed E-state index contributed by atoms with van der Waals surface area (Å²) in [5.41, 5.74) is -0.130. The van der Waals surface area contributed by atoms with Gasteiger partial charge in [-0.15, -0.1) is 0 Å². The number of hydrogen-bond acceptors (Lipinski definition) is 4. The van der Waals surface area contributed by atoms with Crippen LogP contribution in [0.3, 0.4) is 0 Å². The molecule has 0 unspecified atom stereocenters. The molecule has 0 amide bonds. The molecule has 0 bridgehead atoms. The van der Waals surface area contributed by atoms with Gasteiger partial charge in [-0.05, 0) is 52.2 Å². The zero-order valence-corrected chi connectivity index (χ0v) is 13.7. The smallest absolute Gasteiger partial charge is 0.261 e. The second kappa shape index (κ2) is 6.48. The number of rotatable bonds is 6. The molecular weight excluding hydrogens is 280 g/mol. The van der Waals surface area contributed by atoms with E-state index in [9.17, 15) is 9.90 Å². The van der Waals surface area contributed by atoms with E-state index in [1.165, 1.54) is 0 Å². The van der Waals surface area contributed by atoms with Crippen molar-refractivity contribution in [2.45, 2.75) is 51.7 Å². The normalized spacial score (nSPS) is 13.3. The molecule has 1 aromatic carbocycles. The second-order valence-electron chi connectivity index (χ2n) is 6.37. The van der Waals surface area contributed by atoms with Crippen LogP contribution < -0.4 is 10.3 Å². The molecule has 1 heterocycles. The summed E-state index contributed by atoms with van der Waals surface area (Å²) < 4.78 is 6.91. The molecule has 1 atom stereocenters. The van der Waals surface area contributed by atoms with E-state index in [0.717, 1.165) is 12.8 Å². The lowest BCUT2D eigenvalue weighted by molar-refractivity contribution is 0.0671. The quantitative estimate of drug-likeness (QED) is 0.891. The summed E-state index contributed by atoms with van der Waals surface area (Å²) in [4.78, 5) is 17.0. The third-order valence-corrected chi connectivity index (χ3v) is 3.88. The summed E-state index contributed by atoms with van der Waals surface area (Å²) >= 11 is 0. The average molecular weight is 304 g/mol. The second-order valence-corrected chi connectivity index (χ2v) is 6.37. The fraction of sp³-hybridized carbons (Fsp3) is 0.529. The van der Waals surface area contributed by atoms with Gasteiger partial charge in [0.2, 0.25) is 0 Å². The maximum atomic E-state index is 12.6. The molecule has 1 aromatic heterocycles. The molecule has 0 saturated carbocycles. The van der Waals surface area contributed by atoms with Gasteiger partial charge < -0.3 is 9.84 Å². The maximum Gasteiger partial charge on any atom is 0.261 e. The van der Waals surface area contributed by atoms with Gasteiger partial charge in [-0.3, -0.25) is 9.36 Å². The molecule has 0 aliphatic heterocycles. The van der Waals surface area contributed by atoms with Crippen molar-refractivity contribution in [3.05, 3.63) is 34.9 Å². The molecule has 0 aliphatic carbocycles. The molecule has 5 nitrogen and oxygen atoms in total. The number of aromatic nitrogens is 2. The Labute approximate surface area is 130 Å². The zero-order chi connectivity index (χ0) is 16.3. The van der Waals surface area contributed by atoms with E-state index in [2.05, 4.69) is 4.98 Å². The number of ether oxygens (including phenoxy) is 1. The Morgan fingerprint density at radius 2 is 2.14 bits per heavy atom. The average Bonchev–Trinajstić information content (AvgIpc) is 2.45. The number of para-hydroxylation sites is 1. The largest absolute Gasteiger partial charge is 0.494 e. The highest BCUT2D eigenvalue weighted by Gasteiger charge is 2.15. The van der Waals surface area contributed by atoms with E-state index in [1.54, 1.807) is 50.1 Å². The first-order valence-corrected chi connectivity index (χ1v) is 7.60. The van der Waals surface area contributed by atoms with Gasteiger partial charge in [-0.1, -0.05) is 6.07 Å². The van der Waals surface area contributed by atoms with Crippen LogP contribution in [0.25, 0.3) is 10.9 Å². The Hall–Kier alpha value is -1.88. The van der Waals surface area contributed by atoms with Crippen LogP contribution in [0, 0.1) is 0 Å². The minimum absolute atomic E-state index is 0.0398. The van der Waals surface area contributed by atoms with Crippen LogP contribution in [-0.4, -0.2) is 27.4 Å². The van der Waals surface area contributed by atoms with Gasteiger partial charge in [0, 0.05) is 6.04 Å². The molecule has 0 radical (unpaired) electrons. The van der Waals surface area contributed by atoms with Crippen molar-refractivity contribution in [2.24, 2.45) is 0 Å². The molecular formula is C17H24N2O3. The lowest BCUT2D eigenvalue weighted by atomic mass is 9.99. The van der Waals surface area contributed by atoms with Crippen LogP contribution in [0.2, 0.25) is 0 Å². The Bertz CT molecular complexity index is 701. The third kappa shape index (κ3) is 3.65. The standard InChI is InChI=1S/C17H24N2O3/c1-12(7-6-10-17(2,3)21)19-11-18-15-13(16(19)20)8-5-9-14(15)22-4/h5,8-9,11-12,21H,6-7,10H2,1-4H3/t12-/m1/s1. The number of benzene rings is 1. The van der Waals surface area contributed by atoms with Crippen LogP contribution in [0.4, 0.5) is 0 Å². The van der Waals surface area contributed by atoms with Gasteiger partial charge in [0.05, 0.1) is 24.4 Å². The van der Waals surface area contributed by atoms with Crippen molar-refractivity contribution in [1.82, 2.24) is 9.55 Å². The molecule has 0 fully saturated rings. The minimum Gasteiger partial charge on any atom is -0.494 e. The first-order chi connectivity index (χ1) is 10.3. The van der Waals surface area contributed by atoms with E-state index in [1.807, 2.05) is 6.92 Å². The number of methoxy groups -OCH3 is 1. The van der Waals surface area contributed by atoms with E-state index >= 15 is 0 Å². The van der Waals surface area contributed by atoms with Crippen molar-refractivity contribution in [3.63, 3.8) is 0 Å². The number of hydrogen-bond donors (Lipinski definition) is 1. The van der Waals surface area contributed by atoms with Crippen LogP contribution in [0.5, 0.6) is 5.75 Å². The van der Waals surface area contributed by atoms with Crippen molar-refractivity contribution in [1.29, 1.82) is 0 Å². The lowest BCUT2D eigenvalue weighted by Gasteiger charge is -2.19. The van der Waals surface area contributed by atoms with Crippen molar-refractivity contribution in [3.8, 4) is 5.75 Å². The summed E-state index contributed by atoms with van der Waals surface area (Å²) in [6, 6.07) is 5.41. The first-order valence-electron chi connectivity index (χ1n) is 7.60. The van der Waals surface area contributed by atoms with Gasteiger partial charge >= 0.3 is 0 Å². The van der Waals surface area contributed by atoms with E-state index in [4.69, 9.17) is 4.74 Å². The zero-order valence-electron chi connectivity index (χ0n) is 13.7. The summed E-state index contributed by atoms with van der Waals surface area (Å²) in [7, 11) is 1.57. The molecule has 0 spiro atoms. The van der Waals surface area contributed by atoms with Crippen LogP contribution in [0.1, 0.15) is 46.1 Å². The van der Waals surface area contributed by atoms with Crippen LogP contribution in [0.15, 0.2) is 29.3 Å². The molecule has 0 saturated heterocycles. The summed E-state index contributed by atoms with van der Waals surface area (Å²) in [6.45, 7) is 5.60. The van der Waals surface area contributed by atoms with E-state index in [0.29, 0.717) is 23.1 Å². The van der Waals surface area contributed by atoms with Gasteiger partial charge in [-0.25, -0.2) is 4.98 Å². The SMILES string of the molecule is COc1cccc2c(=O)n([C@H](C)CCCC(C)(C)O)cnc12. The van der Waals surface area contributed by atoms with Gasteiger partial charge in [0.25, 0.3) is 5.56 Å². The summed E-state index contributed by atoms with van der Waals surface area (Å²) in [6.07, 6.45) is 3.97. The number of fused-ring (bicyclic) bond motifs is 1. The van der Waals surface area contributed by atoms with Crippen molar-refractivity contribution < 1.29 is 9.84 Å². The topological polar surface area (TPSA) is 64.3 Å². The molecule has 5 heteroatoms. The molecule has 120 valence electrons. The van der Waals surface area contributed by atoms with Crippen LogP contribution >= 0.6 is 0 Å². The fourth-order valence-electron chi connectivity index (χ4n) is 2.59. The van der Waals surface area contributed by atoms with Crippen molar-refractivity contribution in [2.75, 3.05) is 7.11 Å². The highest BCUT2D eigenvalue weighted by atomic mass is 16.5. The summed E-state index contributed by atoms with van der Waals surface area (Å²) in [5.74, 6) is 0.608. The van der Waals surface area contributed by atoms with Crippen LogP contribution in [-0.2, 0) is 0 Å². The first kappa shape index (κ1) is 16.5. The third-order valence-electron chi connectivity index (χ3n) is 3.88. The Morgan fingerprint density at radius 3 is 2.77 bits per heavy atom. The highest BCUT2D eigenvalue weighted by Crippen LogP contribution is 2.22. The van der Waals surface area contributed by atoms with E-state index < -0.39 is 5.60 Å². The monoisotopic (exact) mass is 304 g/mol. The maximum absolute atomic E-state index is 12.6. The lowest BCUT2D eigenvalue weighted by Crippen LogP contribution is -2.24. The Kier molecular flexibility index (Phi) is 4.86. The highest BCUT2D eigenvalue weighted by molar-refractivity contribution is 5.83. The molecule has 22 heavy (non-hydrogen) atoms. The molecule has 2 aromatic rings. The van der Waals surface area contributed by atoms with Crippen molar-refractivity contribution >= 4 is 10.9 Å². The minimum atomic E-state index is -0.667. The van der Waals surface area contributed by atoms with E-state index in [-0.39, 0.29) is 11.6 Å². The number of nitrogens with zero attached hydrogens (tertiary/aromatic N) is 2. The number of aliphatic hydroxyl groups is 1. The molecule has 1 N–H and O–H groups in total. The van der Waals surface area contributed by atoms with Gasteiger partial charge in [0.1, 0.15) is 11.3 Å². The predicted molar refractivity (Wildman–Crippen MR) is 87.4 cm³/mol. The fourth-order valence-corrected chi connectivity index (χ4v) is 2.59. The summed E-state index contributed by atoms with van der Waals surface area (Å²) in [5, 5.41) is 10.3. The van der Waals surface area contributed by atoms with Gasteiger partial charge in [-0.2, -0.15) is 0 Å². The molecule has 0 aliphatic rings. The predicted octanol–water partition coefficient (Wildman–Crippen LogP) is 2.91. The Balaban J connectivity index is 2.25. The van der Waals surface area contributed by atoms with Gasteiger partial charge in [0.15, 0.2) is 0 Å². The molecule has 2 rings (SSSR count).